The van der Waals surface area contributed by atoms with Crippen LogP contribution in [0.15, 0.2) is 36.7 Å². The first kappa shape index (κ1) is 13.5. The molecule has 0 N–H and O–H groups in total. The highest BCUT2D eigenvalue weighted by Gasteiger charge is 2.13. The van der Waals surface area contributed by atoms with Gasteiger partial charge in [-0.3, -0.25) is 9.78 Å². The Morgan fingerprint density at radius 1 is 1.42 bits per heavy atom. The summed E-state index contributed by atoms with van der Waals surface area (Å²) in [6.07, 6.45) is 3.06. The molecule has 0 aliphatic rings. The van der Waals surface area contributed by atoms with E-state index in [1.54, 1.807) is 12.1 Å². The number of ketones is 1. The Balaban J connectivity index is 2.23. The monoisotopic (exact) mass is 279 g/mol. The number of benzene rings is 1. The van der Waals surface area contributed by atoms with Gasteiger partial charge in [0.2, 0.25) is 0 Å². The maximum absolute atomic E-state index is 13.3. The van der Waals surface area contributed by atoms with Crippen LogP contribution in [0.25, 0.3) is 0 Å². The molecule has 0 radical (unpaired) electrons. The molecule has 0 atom stereocenters. The molecule has 98 valence electrons. The molecular weight excluding hydrogens is 269 g/mol. The Hall–Kier alpha value is -1.94. The summed E-state index contributed by atoms with van der Waals surface area (Å²) in [6, 6.07) is 5.89. The number of hydrogen-bond acceptors (Lipinski definition) is 3. The molecule has 0 unspecified atom stereocenters. The predicted octanol–water partition coefficient (Wildman–Crippen LogP) is 3.31. The molecule has 0 spiro atoms. The Kier molecular flexibility index (Phi) is 4.12. The second kappa shape index (κ2) is 5.80. The molecule has 0 bridgehead atoms. The fraction of sp³-hybridized carbons (Fsp3) is 0.143. The van der Waals surface area contributed by atoms with Gasteiger partial charge in [-0.25, -0.2) is 4.39 Å². The van der Waals surface area contributed by atoms with Crippen molar-refractivity contribution in [2.24, 2.45) is 0 Å². The van der Waals surface area contributed by atoms with E-state index in [0.717, 1.165) is 0 Å². The number of carbonyl (C=O) groups is 1. The van der Waals surface area contributed by atoms with Crippen LogP contribution in [-0.4, -0.2) is 17.9 Å². The molecular formula is C14H11ClFNO2. The van der Waals surface area contributed by atoms with Crippen molar-refractivity contribution < 1.29 is 13.9 Å². The summed E-state index contributed by atoms with van der Waals surface area (Å²) in [5.41, 5.74) is 0.985. The highest BCUT2D eigenvalue weighted by atomic mass is 35.5. The first-order valence-electron chi connectivity index (χ1n) is 5.57. The highest BCUT2D eigenvalue weighted by molar-refractivity contribution is 6.30. The quantitative estimate of drug-likeness (QED) is 0.806. The topological polar surface area (TPSA) is 39.2 Å². The van der Waals surface area contributed by atoms with Gasteiger partial charge < -0.3 is 4.74 Å². The van der Waals surface area contributed by atoms with Gasteiger partial charge in [0.1, 0.15) is 11.6 Å². The van der Waals surface area contributed by atoms with E-state index in [4.69, 9.17) is 16.3 Å². The lowest BCUT2D eigenvalue weighted by Crippen LogP contribution is -2.06. The van der Waals surface area contributed by atoms with E-state index in [-0.39, 0.29) is 17.2 Å². The van der Waals surface area contributed by atoms with Gasteiger partial charge in [-0.1, -0.05) is 17.7 Å². The summed E-state index contributed by atoms with van der Waals surface area (Å²) in [7, 11) is 1.47. The molecule has 0 saturated carbocycles. The van der Waals surface area contributed by atoms with Gasteiger partial charge >= 0.3 is 0 Å². The van der Waals surface area contributed by atoms with E-state index in [1.807, 2.05) is 0 Å². The van der Waals surface area contributed by atoms with Gasteiger partial charge in [-0.05, 0) is 23.8 Å². The predicted molar refractivity (Wildman–Crippen MR) is 70.2 cm³/mol. The van der Waals surface area contributed by atoms with Crippen molar-refractivity contribution in [3.63, 3.8) is 0 Å². The summed E-state index contributed by atoms with van der Waals surface area (Å²) in [5, 5.41) is 0.0395. The molecule has 0 aliphatic carbocycles. The van der Waals surface area contributed by atoms with Crippen LogP contribution in [0, 0.1) is 5.82 Å². The Labute approximate surface area is 115 Å². The number of halogens is 2. The van der Waals surface area contributed by atoms with Gasteiger partial charge in [0.15, 0.2) is 5.78 Å². The number of Topliss-reactive ketones (excluding diaryl/α,β-unsaturated/α-hetero) is 1. The fourth-order valence-electron chi connectivity index (χ4n) is 1.70. The normalized spacial score (nSPS) is 10.3. The van der Waals surface area contributed by atoms with E-state index in [9.17, 15) is 9.18 Å². The fourth-order valence-corrected chi connectivity index (χ4v) is 1.82. The van der Waals surface area contributed by atoms with Crippen LogP contribution in [0.3, 0.4) is 0 Å². The zero-order chi connectivity index (χ0) is 13.8. The van der Waals surface area contributed by atoms with Crippen LogP contribution in [0.4, 0.5) is 4.39 Å². The number of hydrogen-bond donors (Lipinski definition) is 0. The molecule has 1 aromatic carbocycles. The first-order valence-corrected chi connectivity index (χ1v) is 5.94. The van der Waals surface area contributed by atoms with Crippen molar-refractivity contribution in [2.75, 3.05) is 7.11 Å². The van der Waals surface area contributed by atoms with Crippen molar-refractivity contribution >= 4 is 17.4 Å². The molecule has 19 heavy (non-hydrogen) atoms. The second-order valence-corrected chi connectivity index (χ2v) is 4.33. The number of nitrogens with zero attached hydrogens (tertiary/aromatic N) is 1. The van der Waals surface area contributed by atoms with Crippen molar-refractivity contribution in [2.45, 2.75) is 6.42 Å². The summed E-state index contributed by atoms with van der Waals surface area (Å²) >= 11 is 5.59. The molecule has 0 saturated heterocycles. The average molecular weight is 280 g/mol. The number of carbonyl (C=O) groups excluding carboxylic acids is 1. The number of pyridine rings is 1. The molecule has 0 fully saturated rings. The van der Waals surface area contributed by atoms with Gasteiger partial charge in [0.25, 0.3) is 0 Å². The highest BCUT2D eigenvalue weighted by Crippen LogP contribution is 2.20. The number of rotatable bonds is 4. The SMILES string of the molecule is COc1cnccc1C(=O)Cc1ccc(Cl)c(F)c1. The molecule has 5 heteroatoms. The van der Waals surface area contributed by atoms with Crippen LogP contribution in [0.1, 0.15) is 15.9 Å². The van der Waals surface area contributed by atoms with Gasteiger partial charge in [-0.15, -0.1) is 0 Å². The maximum Gasteiger partial charge on any atom is 0.171 e. The van der Waals surface area contributed by atoms with Gasteiger partial charge in [0, 0.05) is 12.6 Å². The Morgan fingerprint density at radius 2 is 2.21 bits per heavy atom. The molecule has 2 rings (SSSR count). The lowest BCUT2D eigenvalue weighted by Gasteiger charge is -2.07. The third-order valence-corrected chi connectivity index (χ3v) is 2.96. The minimum Gasteiger partial charge on any atom is -0.494 e. The van der Waals surface area contributed by atoms with Crippen LogP contribution in [0.5, 0.6) is 5.75 Å². The van der Waals surface area contributed by atoms with Crippen molar-refractivity contribution in [3.8, 4) is 5.75 Å². The number of methoxy groups -OCH3 is 1. The zero-order valence-corrected chi connectivity index (χ0v) is 10.9. The van der Waals surface area contributed by atoms with Gasteiger partial charge in [-0.2, -0.15) is 0 Å². The van der Waals surface area contributed by atoms with Crippen molar-refractivity contribution in [1.29, 1.82) is 0 Å². The minimum atomic E-state index is -0.534. The Bertz CT molecular complexity index is 616. The lowest BCUT2D eigenvalue weighted by molar-refractivity contribution is 0.0990. The number of ether oxygens (including phenoxy) is 1. The molecule has 1 heterocycles. The summed E-state index contributed by atoms with van der Waals surface area (Å²) < 4.78 is 18.4. The van der Waals surface area contributed by atoms with E-state index >= 15 is 0 Å². The molecule has 2 aromatic rings. The van der Waals surface area contributed by atoms with Crippen LogP contribution in [-0.2, 0) is 6.42 Å². The average Bonchev–Trinajstić information content (AvgIpc) is 2.43. The van der Waals surface area contributed by atoms with E-state index in [0.29, 0.717) is 16.9 Å². The largest absolute Gasteiger partial charge is 0.494 e. The Morgan fingerprint density at radius 3 is 2.89 bits per heavy atom. The van der Waals surface area contributed by atoms with Crippen LogP contribution < -0.4 is 4.74 Å². The molecule has 0 amide bonds. The van der Waals surface area contributed by atoms with Crippen molar-refractivity contribution in [1.82, 2.24) is 4.98 Å². The van der Waals surface area contributed by atoms with Crippen LogP contribution >= 0.6 is 11.6 Å². The van der Waals surface area contributed by atoms with Crippen molar-refractivity contribution in [3.05, 3.63) is 58.6 Å². The zero-order valence-electron chi connectivity index (χ0n) is 10.2. The summed E-state index contributed by atoms with van der Waals surface area (Å²) in [5.74, 6) is -0.295. The molecule has 3 nitrogen and oxygen atoms in total. The lowest BCUT2D eigenvalue weighted by atomic mass is 10.0. The third-order valence-electron chi connectivity index (χ3n) is 2.65. The van der Waals surface area contributed by atoms with E-state index in [1.165, 1.54) is 31.6 Å². The maximum atomic E-state index is 13.3. The van der Waals surface area contributed by atoms with Crippen LogP contribution in [0.2, 0.25) is 5.02 Å². The minimum absolute atomic E-state index is 0.0395. The first-order chi connectivity index (χ1) is 9.11. The third kappa shape index (κ3) is 3.09. The summed E-state index contributed by atoms with van der Waals surface area (Å²) in [6.45, 7) is 0. The van der Waals surface area contributed by atoms with E-state index in [2.05, 4.69) is 4.98 Å². The van der Waals surface area contributed by atoms with Gasteiger partial charge in [0.05, 0.1) is 23.9 Å². The smallest absolute Gasteiger partial charge is 0.171 e. The molecule has 0 aliphatic heterocycles. The standard InChI is InChI=1S/C14H11ClFNO2/c1-19-14-8-17-5-4-10(14)13(18)7-9-2-3-11(15)12(16)6-9/h2-6,8H,7H2,1H3. The molecule has 1 aromatic heterocycles. The number of aromatic nitrogens is 1. The summed E-state index contributed by atoms with van der Waals surface area (Å²) in [4.78, 5) is 16.0. The second-order valence-electron chi connectivity index (χ2n) is 3.92. The van der Waals surface area contributed by atoms with E-state index < -0.39 is 5.82 Å².